The Hall–Kier alpha value is -1.42. The predicted octanol–water partition coefficient (Wildman–Crippen LogP) is 2.55. The van der Waals surface area contributed by atoms with E-state index in [4.69, 9.17) is 9.47 Å². The number of rotatable bonds is 7. The minimum absolute atomic E-state index is 0.0472. The summed E-state index contributed by atoms with van der Waals surface area (Å²) in [5.74, 6) is 1.62. The molecule has 0 atom stereocenters. The molecule has 1 aromatic carbocycles. The quantitative estimate of drug-likeness (QED) is 0.733. The fraction of sp³-hybridized carbons (Fsp3) is 0.571. The van der Waals surface area contributed by atoms with Gasteiger partial charge in [0.15, 0.2) is 11.5 Å². The topological polar surface area (TPSA) is 50.7 Å². The van der Waals surface area contributed by atoms with Gasteiger partial charge in [-0.1, -0.05) is 13.8 Å². The normalized spacial score (nSPS) is 10.7. The summed E-state index contributed by atoms with van der Waals surface area (Å²) < 4.78 is 10.2. The highest BCUT2D eigenvalue weighted by atomic mass is 16.5. The molecular formula is C14H23NO3. The Morgan fingerprint density at radius 3 is 2.17 bits per heavy atom. The van der Waals surface area contributed by atoms with Crippen LogP contribution < -0.4 is 14.8 Å². The van der Waals surface area contributed by atoms with E-state index in [0.717, 1.165) is 25.1 Å². The summed E-state index contributed by atoms with van der Waals surface area (Å²) in [4.78, 5) is 0. The Morgan fingerprint density at radius 1 is 1.17 bits per heavy atom. The van der Waals surface area contributed by atoms with Crippen molar-refractivity contribution >= 4 is 0 Å². The Kier molecular flexibility index (Phi) is 5.78. The number of aromatic hydroxyl groups is 1. The van der Waals surface area contributed by atoms with Gasteiger partial charge in [-0.2, -0.15) is 0 Å². The number of benzene rings is 1. The zero-order valence-electron chi connectivity index (χ0n) is 11.6. The van der Waals surface area contributed by atoms with Crippen LogP contribution in [0.25, 0.3) is 0 Å². The number of phenols is 1. The van der Waals surface area contributed by atoms with E-state index in [9.17, 15) is 5.11 Å². The van der Waals surface area contributed by atoms with E-state index < -0.39 is 0 Å². The molecule has 0 spiro atoms. The molecule has 0 amide bonds. The highest BCUT2D eigenvalue weighted by Gasteiger charge is 2.10. The van der Waals surface area contributed by atoms with E-state index in [-0.39, 0.29) is 5.75 Å². The van der Waals surface area contributed by atoms with Crippen molar-refractivity contribution in [2.75, 3.05) is 20.8 Å². The van der Waals surface area contributed by atoms with Gasteiger partial charge >= 0.3 is 0 Å². The van der Waals surface area contributed by atoms with Crippen LogP contribution in [-0.4, -0.2) is 25.9 Å². The molecule has 4 nitrogen and oxygen atoms in total. The number of ether oxygens (including phenoxy) is 2. The smallest absolute Gasteiger partial charge is 0.200 e. The lowest BCUT2D eigenvalue weighted by Crippen LogP contribution is -2.16. The first-order chi connectivity index (χ1) is 8.58. The Balaban J connectivity index is 2.65. The minimum atomic E-state index is 0.0472. The van der Waals surface area contributed by atoms with Gasteiger partial charge in [-0.3, -0.25) is 0 Å². The van der Waals surface area contributed by atoms with Crippen molar-refractivity contribution in [2.45, 2.75) is 26.8 Å². The lowest BCUT2D eigenvalue weighted by atomic mass is 10.1. The maximum Gasteiger partial charge on any atom is 0.200 e. The molecule has 1 aromatic rings. The predicted molar refractivity (Wildman–Crippen MR) is 72.4 cm³/mol. The maximum atomic E-state index is 9.79. The van der Waals surface area contributed by atoms with Gasteiger partial charge in [0.2, 0.25) is 5.75 Å². The summed E-state index contributed by atoms with van der Waals surface area (Å²) in [5.41, 5.74) is 1.03. The molecule has 18 heavy (non-hydrogen) atoms. The number of phenolic OH excluding ortho intramolecular Hbond substituents is 1. The third kappa shape index (κ3) is 4.11. The largest absolute Gasteiger partial charge is 0.502 e. The second-order valence-corrected chi connectivity index (χ2v) is 4.71. The second-order valence-electron chi connectivity index (χ2n) is 4.71. The average Bonchev–Trinajstić information content (AvgIpc) is 2.35. The van der Waals surface area contributed by atoms with E-state index in [2.05, 4.69) is 19.2 Å². The molecule has 2 N–H and O–H groups in total. The molecule has 0 unspecified atom stereocenters. The third-order valence-electron chi connectivity index (χ3n) is 2.77. The molecule has 0 fully saturated rings. The van der Waals surface area contributed by atoms with Crippen LogP contribution in [0.3, 0.4) is 0 Å². The maximum absolute atomic E-state index is 9.79. The zero-order chi connectivity index (χ0) is 13.5. The molecule has 0 saturated heterocycles. The highest BCUT2D eigenvalue weighted by molar-refractivity contribution is 5.52. The first-order valence-corrected chi connectivity index (χ1v) is 6.23. The molecule has 0 aromatic heterocycles. The van der Waals surface area contributed by atoms with Crippen molar-refractivity contribution in [1.29, 1.82) is 0 Å². The molecule has 0 saturated carbocycles. The number of methoxy groups -OCH3 is 2. The molecule has 0 aliphatic rings. The van der Waals surface area contributed by atoms with Gasteiger partial charge < -0.3 is 19.9 Å². The van der Waals surface area contributed by atoms with E-state index in [1.54, 1.807) is 0 Å². The van der Waals surface area contributed by atoms with E-state index >= 15 is 0 Å². The Bertz CT molecular complexity index is 352. The molecule has 0 radical (unpaired) electrons. The second kappa shape index (κ2) is 7.11. The van der Waals surface area contributed by atoms with Crippen LogP contribution in [-0.2, 0) is 6.54 Å². The Labute approximate surface area is 109 Å². The molecule has 1 rings (SSSR count). The molecule has 4 heteroatoms. The van der Waals surface area contributed by atoms with Crippen LogP contribution in [0.1, 0.15) is 25.8 Å². The number of hydrogen-bond donors (Lipinski definition) is 2. The first kappa shape index (κ1) is 14.6. The van der Waals surface area contributed by atoms with Crippen molar-refractivity contribution in [1.82, 2.24) is 5.32 Å². The summed E-state index contributed by atoms with van der Waals surface area (Å²) in [6.45, 7) is 6.12. The number of nitrogens with one attached hydrogen (secondary N) is 1. The van der Waals surface area contributed by atoms with Gasteiger partial charge in [0, 0.05) is 6.54 Å². The number of hydrogen-bond acceptors (Lipinski definition) is 4. The van der Waals surface area contributed by atoms with Gasteiger partial charge in [-0.15, -0.1) is 0 Å². The zero-order valence-corrected chi connectivity index (χ0v) is 11.6. The lowest BCUT2D eigenvalue weighted by molar-refractivity contribution is 0.339. The fourth-order valence-electron chi connectivity index (χ4n) is 1.67. The third-order valence-corrected chi connectivity index (χ3v) is 2.77. The lowest BCUT2D eigenvalue weighted by Gasteiger charge is -2.12. The van der Waals surface area contributed by atoms with Gasteiger partial charge in [0.1, 0.15) is 0 Å². The summed E-state index contributed by atoms with van der Waals surface area (Å²) in [6, 6.07) is 3.64. The van der Waals surface area contributed by atoms with Crippen molar-refractivity contribution in [3.8, 4) is 17.2 Å². The minimum Gasteiger partial charge on any atom is -0.502 e. The summed E-state index contributed by atoms with van der Waals surface area (Å²) >= 11 is 0. The summed E-state index contributed by atoms with van der Waals surface area (Å²) in [5, 5.41) is 13.1. The van der Waals surface area contributed by atoms with E-state index in [1.807, 2.05) is 12.1 Å². The van der Waals surface area contributed by atoms with Crippen LogP contribution in [0.4, 0.5) is 0 Å². The van der Waals surface area contributed by atoms with Crippen LogP contribution in [0.2, 0.25) is 0 Å². The van der Waals surface area contributed by atoms with E-state index in [1.165, 1.54) is 14.2 Å². The van der Waals surface area contributed by atoms with Crippen molar-refractivity contribution in [3.05, 3.63) is 17.7 Å². The molecule has 0 aliphatic heterocycles. The van der Waals surface area contributed by atoms with Crippen LogP contribution in [0.15, 0.2) is 12.1 Å². The SMILES string of the molecule is COc1cc(CNCCC(C)C)cc(OC)c1O. The van der Waals surface area contributed by atoms with Gasteiger partial charge in [0.25, 0.3) is 0 Å². The molecule has 0 aliphatic carbocycles. The van der Waals surface area contributed by atoms with E-state index in [0.29, 0.717) is 17.4 Å². The molecule has 0 bridgehead atoms. The molecular weight excluding hydrogens is 230 g/mol. The van der Waals surface area contributed by atoms with Gasteiger partial charge in [0.05, 0.1) is 14.2 Å². The van der Waals surface area contributed by atoms with Gasteiger partial charge in [-0.05, 0) is 36.6 Å². The molecule has 0 heterocycles. The fourth-order valence-corrected chi connectivity index (χ4v) is 1.67. The van der Waals surface area contributed by atoms with Crippen LogP contribution >= 0.6 is 0 Å². The van der Waals surface area contributed by atoms with Crippen LogP contribution in [0.5, 0.6) is 17.2 Å². The summed E-state index contributed by atoms with van der Waals surface area (Å²) in [6.07, 6.45) is 1.15. The highest BCUT2D eigenvalue weighted by Crippen LogP contribution is 2.36. The van der Waals surface area contributed by atoms with Crippen molar-refractivity contribution in [3.63, 3.8) is 0 Å². The van der Waals surface area contributed by atoms with Crippen molar-refractivity contribution < 1.29 is 14.6 Å². The standard InChI is InChI=1S/C14H23NO3/c1-10(2)5-6-15-9-11-7-12(17-3)14(16)13(8-11)18-4/h7-8,10,15-16H,5-6,9H2,1-4H3. The average molecular weight is 253 g/mol. The van der Waals surface area contributed by atoms with Crippen molar-refractivity contribution in [2.24, 2.45) is 5.92 Å². The summed E-state index contributed by atoms with van der Waals surface area (Å²) in [7, 11) is 3.06. The monoisotopic (exact) mass is 253 g/mol. The molecule has 102 valence electrons. The first-order valence-electron chi connectivity index (χ1n) is 6.23. The van der Waals surface area contributed by atoms with Gasteiger partial charge in [-0.25, -0.2) is 0 Å². The van der Waals surface area contributed by atoms with Crippen LogP contribution in [0, 0.1) is 5.92 Å². The Morgan fingerprint density at radius 2 is 1.72 bits per heavy atom.